The Bertz CT molecular complexity index is 1230. The average molecular weight is 400 g/mol. The number of thiazole rings is 1. The number of hydrogen-bond donors (Lipinski definition) is 0. The monoisotopic (exact) mass is 400 g/mol. The van der Waals surface area contributed by atoms with Gasteiger partial charge < -0.3 is 9.47 Å². The van der Waals surface area contributed by atoms with Gasteiger partial charge >= 0.3 is 0 Å². The highest BCUT2D eigenvalue weighted by Gasteiger charge is 2.13. The fraction of sp³-hybridized carbons (Fsp3) is 0.0455. The Morgan fingerprint density at radius 3 is 2.76 bits per heavy atom. The lowest BCUT2D eigenvalue weighted by Crippen LogP contribution is -2.11. The molecule has 1 aliphatic rings. The van der Waals surface area contributed by atoms with Gasteiger partial charge in [-0.3, -0.25) is 4.98 Å². The Hall–Kier alpha value is -3.71. The lowest BCUT2D eigenvalue weighted by atomic mass is 10.2. The third-order valence-electron chi connectivity index (χ3n) is 4.34. The van der Waals surface area contributed by atoms with Gasteiger partial charge in [-0.25, -0.2) is 9.67 Å². The van der Waals surface area contributed by atoms with E-state index in [1.807, 2.05) is 53.2 Å². The number of ether oxygens (including phenoxy) is 2. The van der Waals surface area contributed by atoms with Crippen LogP contribution in [0.5, 0.6) is 11.5 Å². The van der Waals surface area contributed by atoms with Crippen LogP contribution in [0.1, 0.15) is 5.56 Å². The first-order chi connectivity index (χ1) is 14.4. The number of hydrogen-bond acceptors (Lipinski definition) is 6. The molecular formula is C22H16N4O2S. The Labute approximate surface area is 171 Å². The van der Waals surface area contributed by atoms with Gasteiger partial charge in [0.2, 0.25) is 11.6 Å². The summed E-state index contributed by atoms with van der Waals surface area (Å²) in [6, 6.07) is 19.7. The zero-order valence-electron chi connectivity index (χ0n) is 15.3. The van der Waals surface area contributed by atoms with Crippen molar-refractivity contribution < 1.29 is 9.47 Å². The van der Waals surface area contributed by atoms with Gasteiger partial charge in [-0.05, 0) is 35.9 Å². The predicted octanol–water partition coefficient (Wildman–Crippen LogP) is 4.45. The molecule has 0 radical (unpaired) electrons. The van der Waals surface area contributed by atoms with Crippen molar-refractivity contribution in [2.24, 2.45) is 10.1 Å². The molecule has 142 valence electrons. The molecule has 0 amide bonds. The van der Waals surface area contributed by atoms with Crippen molar-refractivity contribution in [3.8, 4) is 22.8 Å². The zero-order valence-corrected chi connectivity index (χ0v) is 16.1. The Morgan fingerprint density at radius 2 is 1.90 bits per heavy atom. The lowest BCUT2D eigenvalue weighted by Gasteiger charge is -2.04. The molecule has 0 atom stereocenters. The largest absolute Gasteiger partial charge is 0.454 e. The third kappa shape index (κ3) is 3.68. The molecule has 0 fully saturated rings. The van der Waals surface area contributed by atoms with Gasteiger partial charge in [0.1, 0.15) is 0 Å². The van der Waals surface area contributed by atoms with Gasteiger partial charge in [-0.2, -0.15) is 5.10 Å². The summed E-state index contributed by atoms with van der Waals surface area (Å²) in [7, 11) is 0. The molecule has 6 nitrogen and oxygen atoms in total. The van der Waals surface area contributed by atoms with Crippen LogP contribution in [-0.2, 0) is 0 Å². The van der Waals surface area contributed by atoms with Gasteiger partial charge in [0, 0.05) is 17.1 Å². The molecule has 7 heteroatoms. The number of nitrogens with zero attached hydrogens (tertiary/aromatic N) is 4. The van der Waals surface area contributed by atoms with E-state index in [1.165, 1.54) is 11.3 Å². The molecular weight excluding hydrogens is 384 g/mol. The summed E-state index contributed by atoms with van der Waals surface area (Å²) in [6.07, 6.45) is 5.26. The molecule has 0 N–H and O–H groups in total. The fourth-order valence-electron chi connectivity index (χ4n) is 2.94. The number of benzene rings is 2. The van der Waals surface area contributed by atoms with Crippen LogP contribution in [0.25, 0.3) is 11.3 Å². The van der Waals surface area contributed by atoms with E-state index in [0.29, 0.717) is 0 Å². The summed E-state index contributed by atoms with van der Waals surface area (Å²) >= 11 is 1.53. The quantitative estimate of drug-likeness (QED) is 0.475. The minimum atomic E-state index is 0.251. The SMILES string of the molecule is C(=Nn1c(-c2ccccc2)csc1=Nc1cccnc1)c1ccc2c(c1)OCO2. The van der Waals surface area contributed by atoms with Crippen LogP contribution < -0.4 is 14.3 Å². The van der Waals surface area contributed by atoms with E-state index in [-0.39, 0.29) is 6.79 Å². The van der Waals surface area contributed by atoms with Crippen LogP contribution >= 0.6 is 11.3 Å². The number of fused-ring (bicyclic) bond motifs is 1. The van der Waals surface area contributed by atoms with Crippen LogP contribution in [0.4, 0.5) is 5.69 Å². The van der Waals surface area contributed by atoms with E-state index >= 15 is 0 Å². The summed E-state index contributed by atoms with van der Waals surface area (Å²) in [5.41, 5.74) is 3.73. The lowest BCUT2D eigenvalue weighted by molar-refractivity contribution is 0.174. The van der Waals surface area contributed by atoms with Crippen molar-refractivity contribution in [2.45, 2.75) is 0 Å². The van der Waals surface area contributed by atoms with Gasteiger partial charge in [0.05, 0.1) is 23.8 Å². The maximum Gasteiger partial charge on any atom is 0.231 e. The first-order valence-electron chi connectivity index (χ1n) is 9.01. The van der Waals surface area contributed by atoms with Crippen LogP contribution in [0, 0.1) is 0 Å². The van der Waals surface area contributed by atoms with Crippen LogP contribution in [0.3, 0.4) is 0 Å². The van der Waals surface area contributed by atoms with Crippen LogP contribution in [0.15, 0.2) is 88.5 Å². The van der Waals surface area contributed by atoms with Crippen molar-refractivity contribution in [3.05, 3.63) is 88.8 Å². The molecule has 0 saturated carbocycles. The van der Waals surface area contributed by atoms with E-state index in [4.69, 9.17) is 19.6 Å². The molecule has 2 aromatic heterocycles. The van der Waals surface area contributed by atoms with Crippen molar-refractivity contribution in [1.29, 1.82) is 0 Å². The molecule has 0 saturated heterocycles. The predicted molar refractivity (Wildman–Crippen MR) is 113 cm³/mol. The zero-order chi connectivity index (χ0) is 19.5. The molecule has 0 bridgehead atoms. The van der Waals surface area contributed by atoms with Crippen LogP contribution in [-0.4, -0.2) is 22.7 Å². The Kier molecular flexibility index (Phi) is 4.63. The maximum absolute atomic E-state index is 5.46. The first kappa shape index (κ1) is 17.4. The molecule has 29 heavy (non-hydrogen) atoms. The third-order valence-corrected chi connectivity index (χ3v) is 5.16. The Balaban J connectivity index is 1.59. The van der Waals surface area contributed by atoms with Crippen molar-refractivity contribution in [3.63, 3.8) is 0 Å². The smallest absolute Gasteiger partial charge is 0.231 e. The van der Waals surface area contributed by atoms with E-state index in [2.05, 4.69) is 22.5 Å². The second-order valence-electron chi connectivity index (χ2n) is 6.26. The highest BCUT2D eigenvalue weighted by molar-refractivity contribution is 7.07. The van der Waals surface area contributed by atoms with Gasteiger partial charge in [0.15, 0.2) is 11.5 Å². The van der Waals surface area contributed by atoms with Crippen LogP contribution in [0.2, 0.25) is 0 Å². The molecule has 0 aliphatic carbocycles. The van der Waals surface area contributed by atoms with E-state index in [0.717, 1.165) is 38.8 Å². The Morgan fingerprint density at radius 1 is 1.00 bits per heavy atom. The highest BCUT2D eigenvalue weighted by atomic mass is 32.1. The van der Waals surface area contributed by atoms with Crippen molar-refractivity contribution in [1.82, 2.24) is 9.66 Å². The summed E-state index contributed by atoms with van der Waals surface area (Å²) in [6.45, 7) is 0.251. The first-order valence-corrected chi connectivity index (χ1v) is 9.89. The minimum absolute atomic E-state index is 0.251. The molecule has 1 aliphatic heterocycles. The van der Waals surface area contributed by atoms with Gasteiger partial charge in [-0.15, -0.1) is 11.3 Å². The normalized spacial score (nSPS) is 13.3. The molecule has 4 aromatic rings. The number of aromatic nitrogens is 2. The van der Waals surface area contributed by atoms with E-state index in [1.54, 1.807) is 18.6 Å². The second kappa shape index (κ2) is 7.73. The fourth-order valence-corrected chi connectivity index (χ4v) is 3.80. The highest BCUT2D eigenvalue weighted by Crippen LogP contribution is 2.32. The van der Waals surface area contributed by atoms with E-state index < -0.39 is 0 Å². The standard InChI is InChI=1S/C22H16N4O2S/c1-2-5-17(6-3-1)19-14-29-22(25-18-7-4-10-23-13-18)26(19)24-12-16-8-9-20-21(11-16)28-15-27-20/h1-14H,15H2. The van der Waals surface area contributed by atoms with Gasteiger partial charge in [-0.1, -0.05) is 30.3 Å². The minimum Gasteiger partial charge on any atom is -0.454 e. The molecule has 2 aromatic carbocycles. The van der Waals surface area contributed by atoms with Gasteiger partial charge in [0.25, 0.3) is 0 Å². The molecule has 0 unspecified atom stereocenters. The van der Waals surface area contributed by atoms with E-state index in [9.17, 15) is 0 Å². The maximum atomic E-state index is 5.46. The number of pyridine rings is 1. The topological polar surface area (TPSA) is 61.0 Å². The van der Waals surface area contributed by atoms with Crippen molar-refractivity contribution in [2.75, 3.05) is 6.79 Å². The summed E-state index contributed by atoms with van der Waals surface area (Å²) in [4.78, 5) is 9.62. The molecule has 3 heterocycles. The van der Waals surface area contributed by atoms with Crippen molar-refractivity contribution >= 4 is 23.2 Å². The average Bonchev–Trinajstić information content (AvgIpc) is 3.40. The summed E-state index contributed by atoms with van der Waals surface area (Å²) < 4.78 is 12.7. The second-order valence-corrected chi connectivity index (χ2v) is 7.10. The molecule has 5 rings (SSSR count). The molecule has 0 spiro atoms. The summed E-state index contributed by atoms with van der Waals surface area (Å²) in [5.74, 6) is 1.48. The number of rotatable bonds is 4. The summed E-state index contributed by atoms with van der Waals surface area (Å²) in [5, 5.41) is 6.78.